The fraction of sp³-hybridized carbons (Fsp3) is 0.217. The highest BCUT2D eigenvalue weighted by Crippen LogP contribution is 2.31. The van der Waals surface area contributed by atoms with Crippen LogP contribution >= 0.6 is 11.8 Å². The molecule has 0 saturated carbocycles. The molecule has 4 rings (SSSR count). The number of nitrogens with zero attached hydrogens (tertiary/aromatic N) is 4. The van der Waals surface area contributed by atoms with Gasteiger partial charge in [-0.1, -0.05) is 47.2 Å². The van der Waals surface area contributed by atoms with Gasteiger partial charge in [-0.05, 0) is 51.0 Å². The lowest BCUT2D eigenvalue weighted by Crippen LogP contribution is -2.28. The maximum absolute atomic E-state index is 12.8. The van der Waals surface area contributed by atoms with Crippen molar-refractivity contribution < 1.29 is 4.79 Å². The van der Waals surface area contributed by atoms with Gasteiger partial charge in [0.25, 0.3) is 0 Å². The number of aryl methyl sites for hydroxylation is 4. The molecule has 2 aromatic heterocycles. The molecule has 0 bridgehead atoms. The summed E-state index contributed by atoms with van der Waals surface area (Å²) in [6.07, 6.45) is 3.14. The maximum Gasteiger partial charge on any atom is 0.350 e. The SMILES string of the molecule is Cc1ccc(NC(=O)Cn2nc3c(Sc4ccc(C)cc4C)nccn3c2=O)c(C)c1. The summed E-state index contributed by atoms with van der Waals surface area (Å²) in [6, 6.07) is 12.0. The molecule has 0 aliphatic heterocycles. The van der Waals surface area contributed by atoms with Crippen molar-refractivity contribution in [3.05, 3.63) is 81.5 Å². The first-order chi connectivity index (χ1) is 14.8. The van der Waals surface area contributed by atoms with Crippen LogP contribution < -0.4 is 11.0 Å². The number of amides is 1. The zero-order valence-electron chi connectivity index (χ0n) is 17.8. The first-order valence-electron chi connectivity index (χ1n) is 9.88. The van der Waals surface area contributed by atoms with E-state index in [0.29, 0.717) is 10.7 Å². The molecule has 0 atom stereocenters. The predicted octanol–water partition coefficient (Wildman–Crippen LogP) is 3.91. The molecule has 2 heterocycles. The summed E-state index contributed by atoms with van der Waals surface area (Å²) in [5.74, 6) is -0.311. The molecule has 0 radical (unpaired) electrons. The van der Waals surface area contributed by atoms with Gasteiger partial charge in [0, 0.05) is 23.0 Å². The van der Waals surface area contributed by atoms with Crippen LogP contribution in [-0.4, -0.2) is 25.1 Å². The number of aromatic nitrogens is 4. The lowest BCUT2D eigenvalue weighted by atomic mass is 10.1. The monoisotopic (exact) mass is 433 g/mol. The number of carbonyl (C=O) groups is 1. The summed E-state index contributed by atoms with van der Waals surface area (Å²) in [6.45, 7) is 7.84. The number of hydrogen-bond acceptors (Lipinski definition) is 5. The molecule has 4 aromatic rings. The average Bonchev–Trinajstić information content (AvgIpc) is 3.03. The van der Waals surface area contributed by atoms with Gasteiger partial charge >= 0.3 is 5.69 Å². The highest BCUT2D eigenvalue weighted by atomic mass is 32.2. The van der Waals surface area contributed by atoms with Gasteiger partial charge < -0.3 is 5.32 Å². The van der Waals surface area contributed by atoms with Crippen LogP contribution in [0.5, 0.6) is 0 Å². The second kappa shape index (κ2) is 8.39. The Balaban J connectivity index is 1.61. The normalized spacial score (nSPS) is 11.1. The molecule has 2 aromatic carbocycles. The van der Waals surface area contributed by atoms with Crippen LogP contribution in [-0.2, 0) is 11.3 Å². The summed E-state index contributed by atoms with van der Waals surface area (Å²) in [5, 5.41) is 7.86. The Kier molecular flexibility index (Phi) is 5.65. The molecule has 1 amide bonds. The molecule has 0 aliphatic carbocycles. The minimum absolute atomic E-state index is 0.179. The summed E-state index contributed by atoms with van der Waals surface area (Å²) >= 11 is 1.45. The van der Waals surface area contributed by atoms with Crippen LogP contribution in [0.15, 0.2) is 63.5 Å². The molecule has 31 heavy (non-hydrogen) atoms. The molecular weight excluding hydrogens is 410 g/mol. The predicted molar refractivity (Wildman–Crippen MR) is 122 cm³/mol. The second-order valence-corrected chi connectivity index (χ2v) is 8.63. The molecule has 7 nitrogen and oxygen atoms in total. The van der Waals surface area contributed by atoms with E-state index in [2.05, 4.69) is 21.5 Å². The number of carbonyl (C=O) groups excluding carboxylic acids is 1. The van der Waals surface area contributed by atoms with Gasteiger partial charge in [-0.15, -0.1) is 5.10 Å². The Hall–Kier alpha value is -3.39. The summed E-state index contributed by atoms with van der Waals surface area (Å²) in [7, 11) is 0. The van der Waals surface area contributed by atoms with Gasteiger partial charge in [0.1, 0.15) is 11.6 Å². The summed E-state index contributed by atoms with van der Waals surface area (Å²) < 4.78 is 2.59. The molecule has 1 N–H and O–H groups in total. The van der Waals surface area contributed by atoms with E-state index >= 15 is 0 Å². The van der Waals surface area contributed by atoms with E-state index in [0.717, 1.165) is 27.3 Å². The van der Waals surface area contributed by atoms with Crippen LogP contribution in [0.4, 0.5) is 5.69 Å². The topological polar surface area (TPSA) is 81.3 Å². The zero-order valence-corrected chi connectivity index (χ0v) is 18.7. The van der Waals surface area contributed by atoms with Crippen LogP contribution in [0.25, 0.3) is 5.65 Å². The van der Waals surface area contributed by atoms with Crippen molar-refractivity contribution in [3.8, 4) is 0 Å². The third kappa shape index (κ3) is 4.39. The van der Waals surface area contributed by atoms with Crippen molar-refractivity contribution in [1.29, 1.82) is 0 Å². The van der Waals surface area contributed by atoms with E-state index in [1.807, 2.05) is 58.0 Å². The van der Waals surface area contributed by atoms with Crippen molar-refractivity contribution in [2.75, 3.05) is 5.32 Å². The third-order valence-corrected chi connectivity index (χ3v) is 6.12. The summed E-state index contributed by atoms with van der Waals surface area (Å²) in [5.41, 5.74) is 5.17. The number of rotatable bonds is 5. The second-order valence-electron chi connectivity index (χ2n) is 7.60. The lowest BCUT2D eigenvalue weighted by molar-refractivity contribution is -0.117. The lowest BCUT2D eigenvalue weighted by Gasteiger charge is -2.08. The van der Waals surface area contributed by atoms with E-state index in [1.54, 1.807) is 12.4 Å². The van der Waals surface area contributed by atoms with Crippen LogP contribution in [0.3, 0.4) is 0 Å². The molecule has 0 spiro atoms. The molecule has 0 saturated heterocycles. The molecule has 0 unspecified atom stereocenters. The molecule has 0 aliphatic rings. The van der Waals surface area contributed by atoms with Crippen molar-refractivity contribution in [1.82, 2.24) is 19.2 Å². The Morgan fingerprint density at radius 3 is 2.45 bits per heavy atom. The van der Waals surface area contributed by atoms with Gasteiger partial charge in [0.05, 0.1) is 0 Å². The van der Waals surface area contributed by atoms with Crippen molar-refractivity contribution in [3.63, 3.8) is 0 Å². The van der Waals surface area contributed by atoms with Crippen molar-refractivity contribution >= 4 is 29.0 Å². The van der Waals surface area contributed by atoms with Gasteiger partial charge in [-0.25, -0.2) is 18.9 Å². The van der Waals surface area contributed by atoms with E-state index < -0.39 is 0 Å². The highest BCUT2D eigenvalue weighted by molar-refractivity contribution is 7.99. The number of benzene rings is 2. The van der Waals surface area contributed by atoms with Gasteiger partial charge in [0.2, 0.25) is 5.91 Å². The van der Waals surface area contributed by atoms with E-state index in [1.165, 1.54) is 26.4 Å². The standard InChI is InChI=1S/C23H23N5O2S/c1-14-5-7-18(16(3)11-14)25-20(29)13-28-23(30)27-10-9-24-22(21(27)26-28)31-19-8-6-15(2)12-17(19)4/h5-12H,13H2,1-4H3,(H,25,29). The highest BCUT2D eigenvalue weighted by Gasteiger charge is 2.16. The number of anilines is 1. The Morgan fingerprint density at radius 2 is 1.74 bits per heavy atom. The average molecular weight is 434 g/mol. The fourth-order valence-corrected chi connectivity index (χ4v) is 4.31. The van der Waals surface area contributed by atoms with Gasteiger partial charge in [-0.2, -0.15) is 0 Å². The Morgan fingerprint density at radius 1 is 1.03 bits per heavy atom. The minimum atomic E-state index is -0.379. The Bertz CT molecular complexity index is 1360. The zero-order chi connectivity index (χ0) is 22.1. The Labute approximate surface area is 184 Å². The van der Waals surface area contributed by atoms with Crippen molar-refractivity contribution in [2.45, 2.75) is 44.2 Å². The van der Waals surface area contributed by atoms with E-state index in [4.69, 9.17) is 0 Å². The van der Waals surface area contributed by atoms with Crippen LogP contribution in [0, 0.1) is 27.7 Å². The summed E-state index contributed by atoms with van der Waals surface area (Å²) in [4.78, 5) is 30.8. The molecule has 0 fully saturated rings. The van der Waals surface area contributed by atoms with Gasteiger partial charge in [-0.3, -0.25) is 4.79 Å². The van der Waals surface area contributed by atoms with Crippen molar-refractivity contribution in [2.24, 2.45) is 0 Å². The van der Waals surface area contributed by atoms with Gasteiger partial charge in [0.15, 0.2) is 5.65 Å². The van der Waals surface area contributed by atoms with Crippen LogP contribution in [0.2, 0.25) is 0 Å². The smallest absolute Gasteiger partial charge is 0.324 e. The first-order valence-corrected chi connectivity index (χ1v) is 10.7. The number of nitrogens with one attached hydrogen (secondary N) is 1. The van der Waals surface area contributed by atoms with E-state index in [-0.39, 0.29) is 18.1 Å². The number of hydrogen-bond donors (Lipinski definition) is 1. The largest absolute Gasteiger partial charge is 0.350 e. The fourth-order valence-electron chi connectivity index (χ4n) is 3.40. The first kappa shape index (κ1) is 20.9. The van der Waals surface area contributed by atoms with E-state index in [9.17, 15) is 9.59 Å². The minimum Gasteiger partial charge on any atom is -0.324 e. The molecule has 158 valence electrons. The third-order valence-electron chi connectivity index (χ3n) is 4.96. The number of fused-ring (bicyclic) bond motifs is 1. The molecular formula is C23H23N5O2S. The molecule has 8 heteroatoms. The van der Waals surface area contributed by atoms with Crippen LogP contribution in [0.1, 0.15) is 22.3 Å². The quantitative estimate of drug-likeness (QED) is 0.516. The maximum atomic E-state index is 12.8.